The Morgan fingerprint density at radius 2 is 1.75 bits per heavy atom. The molecule has 0 saturated carbocycles. The Kier molecular flexibility index (Phi) is 6.02. The molecule has 0 fully saturated rings. The summed E-state index contributed by atoms with van der Waals surface area (Å²) >= 11 is 5.85. The molecule has 1 aromatic carbocycles. The second-order valence-electron chi connectivity index (χ2n) is 5.28. The molecule has 0 heterocycles. The Hall–Kier alpha value is -1.55. The van der Waals surface area contributed by atoms with Crippen LogP contribution < -0.4 is 5.32 Å². The average Bonchev–Trinajstić information content (AvgIpc) is 2.30. The number of amides is 1. The molecule has 0 spiro atoms. The number of nitrogens with one attached hydrogen (secondary N) is 1. The molecule has 0 aliphatic carbocycles. The maximum atomic E-state index is 12.3. The largest absolute Gasteiger partial charge is 0.481 e. The summed E-state index contributed by atoms with van der Waals surface area (Å²) in [6.45, 7) is 5.60. The Labute approximate surface area is 124 Å². The van der Waals surface area contributed by atoms with Crippen molar-refractivity contribution in [1.29, 1.82) is 0 Å². The van der Waals surface area contributed by atoms with Crippen LogP contribution in [0.2, 0.25) is 5.02 Å². The van der Waals surface area contributed by atoms with Gasteiger partial charge >= 0.3 is 5.97 Å². The Bertz CT molecular complexity index is 471. The van der Waals surface area contributed by atoms with Gasteiger partial charge in [0.1, 0.15) is 0 Å². The summed E-state index contributed by atoms with van der Waals surface area (Å²) < 4.78 is 0. The SMILES string of the molecule is CC(CC(=O)O)NC(=O)C(c1ccc(Cl)cc1)C(C)C. The highest BCUT2D eigenvalue weighted by atomic mass is 35.5. The molecule has 4 nitrogen and oxygen atoms in total. The standard InChI is InChI=1S/C15H20ClNO3/c1-9(2)14(11-4-6-12(16)7-5-11)15(20)17-10(3)8-13(18)19/h4-7,9-10,14H,8H2,1-3H3,(H,17,20)(H,18,19). The summed E-state index contributed by atoms with van der Waals surface area (Å²) in [6.07, 6.45) is -0.0861. The van der Waals surface area contributed by atoms with Gasteiger partial charge in [0.2, 0.25) is 5.91 Å². The van der Waals surface area contributed by atoms with Gasteiger partial charge in [-0.05, 0) is 30.5 Å². The molecule has 1 amide bonds. The van der Waals surface area contributed by atoms with Gasteiger partial charge in [-0.2, -0.15) is 0 Å². The number of carboxylic acids is 1. The number of aliphatic carboxylic acids is 1. The van der Waals surface area contributed by atoms with E-state index < -0.39 is 12.0 Å². The molecular formula is C15H20ClNO3. The van der Waals surface area contributed by atoms with Crippen molar-refractivity contribution in [2.45, 2.75) is 39.2 Å². The lowest BCUT2D eigenvalue weighted by molar-refractivity contribution is -0.137. The fraction of sp³-hybridized carbons (Fsp3) is 0.467. The third-order valence-corrected chi connectivity index (χ3v) is 3.30. The highest BCUT2D eigenvalue weighted by Crippen LogP contribution is 2.26. The van der Waals surface area contributed by atoms with Crippen LogP contribution in [0.25, 0.3) is 0 Å². The number of carboxylic acid groups (broad SMARTS) is 1. The zero-order chi connectivity index (χ0) is 15.3. The maximum Gasteiger partial charge on any atom is 0.305 e. The molecule has 110 valence electrons. The lowest BCUT2D eigenvalue weighted by Crippen LogP contribution is -2.39. The van der Waals surface area contributed by atoms with Crippen molar-refractivity contribution >= 4 is 23.5 Å². The topological polar surface area (TPSA) is 66.4 Å². The van der Waals surface area contributed by atoms with E-state index in [0.717, 1.165) is 5.56 Å². The fourth-order valence-corrected chi connectivity index (χ4v) is 2.28. The van der Waals surface area contributed by atoms with Crippen molar-refractivity contribution in [1.82, 2.24) is 5.32 Å². The molecule has 0 radical (unpaired) electrons. The van der Waals surface area contributed by atoms with Gasteiger partial charge in [0.05, 0.1) is 12.3 Å². The minimum absolute atomic E-state index is 0.0861. The first-order valence-corrected chi connectivity index (χ1v) is 6.96. The first-order chi connectivity index (χ1) is 9.31. The van der Waals surface area contributed by atoms with Crippen molar-refractivity contribution in [2.75, 3.05) is 0 Å². The van der Waals surface area contributed by atoms with E-state index in [9.17, 15) is 9.59 Å². The Morgan fingerprint density at radius 1 is 1.20 bits per heavy atom. The molecule has 0 aliphatic rings. The second-order valence-corrected chi connectivity index (χ2v) is 5.72. The van der Waals surface area contributed by atoms with E-state index in [1.807, 2.05) is 26.0 Å². The van der Waals surface area contributed by atoms with Crippen LogP contribution in [0.15, 0.2) is 24.3 Å². The van der Waals surface area contributed by atoms with E-state index in [0.29, 0.717) is 5.02 Å². The average molecular weight is 298 g/mol. The predicted octanol–water partition coefficient (Wildman–Crippen LogP) is 3.06. The number of carbonyl (C=O) groups is 2. The van der Waals surface area contributed by atoms with E-state index >= 15 is 0 Å². The van der Waals surface area contributed by atoms with Gasteiger partial charge in [-0.15, -0.1) is 0 Å². The van der Waals surface area contributed by atoms with Crippen LogP contribution in [0.3, 0.4) is 0 Å². The summed E-state index contributed by atoms with van der Waals surface area (Å²) in [4.78, 5) is 23.0. The third-order valence-electron chi connectivity index (χ3n) is 3.05. The van der Waals surface area contributed by atoms with Gasteiger partial charge < -0.3 is 10.4 Å². The molecule has 2 unspecified atom stereocenters. The van der Waals surface area contributed by atoms with Crippen LogP contribution in [0.1, 0.15) is 38.7 Å². The molecule has 0 saturated heterocycles. The van der Waals surface area contributed by atoms with Crippen LogP contribution in [0.5, 0.6) is 0 Å². The smallest absolute Gasteiger partial charge is 0.305 e. The number of halogens is 1. The molecule has 0 bridgehead atoms. The lowest BCUT2D eigenvalue weighted by atomic mass is 9.87. The number of hydrogen-bond donors (Lipinski definition) is 2. The molecule has 20 heavy (non-hydrogen) atoms. The molecule has 0 aromatic heterocycles. The van der Waals surface area contributed by atoms with Crippen LogP contribution in [-0.4, -0.2) is 23.0 Å². The normalized spacial score (nSPS) is 13.8. The van der Waals surface area contributed by atoms with E-state index in [-0.39, 0.29) is 24.2 Å². The van der Waals surface area contributed by atoms with Crippen molar-refractivity contribution in [3.05, 3.63) is 34.9 Å². The molecular weight excluding hydrogens is 278 g/mol. The van der Waals surface area contributed by atoms with Gasteiger partial charge in [-0.1, -0.05) is 37.6 Å². The van der Waals surface area contributed by atoms with Crippen LogP contribution in [0, 0.1) is 5.92 Å². The molecule has 2 atom stereocenters. The van der Waals surface area contributed by atoms with E-state index in [4.69, 9.17) is 16.7 Å². The quantitative estimate of drug-likeness (QED) is 0.848. The van der Waals surface area contributed by atoms with Gasteiger partial charge in [0, 0.05) is 11.1 Å². The molecule has 1 rings (SSSR count). The Balaban J connectivity index is 2.83. The van der Waals surface area contributed by atoms with E-state index in [1.165, 1.54) is 0 Å². The third kappa shape index (κ3) is 4.85. The van der Waals surface area contributed by atoms with Gasteiger partial charge in [-0.25, -0.2) is 0 Å². The summed E-state index contributed by atoms with van der Waals surface area (Å²) in [6, 6.07) is 6.76. The number of benzene rings is 1. The van der Waals surface area contributed by atoms with Crippen LogP contribution >= 0.6 is 11.6 Å². The van der Waals surface area contributed by atoms with Crippen molar-refractivity contribution < 1.29 is 14.7 Å². The zero-order valence-electron chi connectivity index (χ0n) is 11.9. The van der Waals surface area contributed by atoms with Crippen molar-refractivity contribution in [3.63, 3.8) is 0 Å². The number of carbonyl (C=O) groups excluding carboxylic acids is 1. The van der Waals surface area contributed by atoms with Gasteiger partial charge in [0.25, 0.3) is 0 Å². The fourth-order valence-electron chi connectivity index (χ4n) is 2.15. The van der Waals surface area contributed by atoms with E-state index in [1.54, 1.807) is 19.1 Å². The molecule has 5 heteroatoms. The summed E-state index contributed by atoms with van der Waals surface area (Å²) in [5, 5.41) is 12.1. The first-order valence-electron chi connectivity index (χ1n) is 6.59. The number of hydrogen-bond acceptors (Lipinski definition) is 2. The summed E-state index contributed by atoms with van der Waals surface area (Å²) in [5.74, 6) is -1.29. The molecule has 2 N–H and O–H groups in total. The van der Waals surface area contributed by atoms with Crippen molar-refractivity contribution in [2.24, 2.45) is 5.92 Å². The van der Waals surface area contributed by atoms with Crippen LogP contribution in [0.4, 0.5) is 0 Å². The van der Waals surface area contributed by atoms with Gasteiger partial charge in [-0.3, -0.25) is 9.59 Å². The minimum atomic E-state index is -0.926. The summed E-state index contributed by atoms with van der Waals surface area (Å²) in [7, 11) is 0. The predicted molar refractivity (Wildman–Crippen MR) is 78.9 cm³/mol. The highest BCUT2D eigenvalue weighted by molar-refractivity contribution is 6.30. The Morgan fingerprint density at radius 3 is 2.20 bits per heavy atom. The molecule has 1 aromatic rings. The number of rotatable bonds is 6. The minimum Gasteiger partial charge on any atom is -0.481 e. The first kappa shape index (κ1) is 16.5. The zero-order valence-corrected chi connectivity index (χ0v) is 12.6. The summed E-state index contributed by atoms with van der Waals surface area (Å²) in [5.41, 5.74) is 0.879. The lowest BCUT2D eigenvalue weighted by Gasteiger charge is -2.23. The van der Waals surface area contributed by atoms with Gasteiger partial charge in [0.15, 0.2) is 0 Å². The van der Waals surface area contributed by atoms with E-state index in [2.05, 4.69) is 5.32 Å². The highest BCUT2D eigenvalue weighted by Gasteiger charge is 2.25. The van der Waals surface area contributed by atoms with Crippen molar-refractivity contribution in [3.8, 4) is 0 Å². The monoisotopic (exact) mass is 297 g/mol. The van der Waals surface area contributed by atoms with Crippen LogP contribution in [-0.2, 0) is 9.59 Å². The maximum absolute atomic E-state index is 12.3. The second kappa shape index (κ2) is 7.29. The molecule has 0 aliphatic heterocycles.